The second kappa shape index (κ2) is 7.51. The number of hydrogen-bond donors (Lipinski definition) is 2. The Morgan fingerprint density at radius 1 is 1.27 bits per heavy atom. The molecule has 0 aliphatic carbocycles. The van der Waals surface area contributed by atoms with Crippen molar-refractivity contribution in [2.45, 2.75) is 38.0 Å². The number of rotatable bonds is 3. The fourth-order valence-electron chi connectivity index (χ4n) is 3.68. The van der Waals surface area contributed by atoms with Gasteiger partial charge in [0.2, 0.25) is 0 Å². The first kappa shape index (κ1) is 17.1. The molecule has 26 heavy (non-hydrogen) atoms. The maximum atomic E-state index is 12.7. The standard InChI is InChI=1S/C18H24N6O2/c1-12-10-24(14-4-6-21-17-16(14)20-7-8-22-17)11-15(26-12)18(25)23-13-3-2-5-19-9-13/h4,6-8,12-13,15,19H,2-3,5,9-11H2,1H3,(H,23,25)/t12-,13?,15-/m1/s1. The van der Waals surface area contributed by atoms with E-state index in [2.05, 4.69) is 30.5 Å². The molecule has 1 unspecified atom stereocenters. The number of ether oxygens (including phenoxy) is 1. The molecule has 0 bridgehead atoms. The van der Waals surface area contributed by atoms with E-state index in [1.54, 1.807) is 18.6 Å². The summed E-state index contributed by atoms with van der Waals surface area (Å²) in [6, 6.07) is 2.10. The lowest BCUT2D eigenvalue weighted by Gasteiger charge is -2.38. The summed E-state index contributed by atoms with van der Waals surface area (Å²) in [6.45, 7) is 5.02. The number of fused-ring (bicyclic) bond motifs is 1. The Morgan fingerprint density at radius 2 is 2.12 bits per heavy atom. The molecule has 2 aromatic rings. The molecule has 2 aliphatic heterocycles. The molecular formula is C18H24N6O2. The van der Waals surface area contributed by atoms with E-state index < -0.39 is 6.10 Å². The topological polar surface area (TPSA) is 92.3 Å². The summed E-state index contributed by atoms with van der Waals surface area (Å²) >= 11 is 0. The van der Waals surface area contributed by atoms with E-state index >= 15 is 0 Å². The lowest BCUT2D eigenvalue weighted by atomic mass is 10.1. The maximum Gasteiger partial charge on any atom is 0.251 e. The summed E-state index contributed by atoms with van der Waals surface area (Å²) in [5, 5.41) is 6.44. The minimum Gasteiger partial charge on any atom is -0.364 e. The van der Waals surface area contributed by atoms with E-state index in [1.807, 2.05) is 13.0 Å². The Balaban J connectivity index is 1.51. The number of aromatic nitrogens is 3. The van der Waals surface area contributed by atoms with Gasteiger partial charge >= 0.3 is 0 Å². The van der Waals surface area contributed by atoms with Gasteiger partial charge in [0.15, 0.2) is 11.8 Å². The largest absolute Gasteiger partial charge is 0.364 e. The van der Waals surface area contributed by atoms with Crippen molar-refractivity contribution in [1.82, 2.24) is 25.6 Å². The summed E-state index contributed by atoms with van der Waals surface area (Å²) in [7, 11) is 0. The molecule has 2 aromatic heterocycles. The number of carbonyl (C=O) groups is 1. The molecule has 4 rings (SSSR count). The maximum absolute atomic E-state index is 12.7. The highest BCUT2D eigenvalue weighted by Crippen LogP contribution is 2.25. The predicted molar refractivity (Wildman–Crippen MR) is 97.9 cm³/mol. The fourth-order valence-corrected chi connectivity index (χ4v) is 3.68. The van der Waals surface area contributed by atoms with Crippen molar-refractivity contribution in [3.63, 3.8) is 0 Å². The first-order valence-corrected chi connectivity index (χ1v) is 9.18. The van der Waals surface area contributed by atoms with E-state index in [-0.39, 0.29) is 18.1 Å². The molecule has 8 nitrogen and oxygen atoms in total. The zero-order valence-electron chi connectivity index (χ0n) is 14.9. The van der Waals surface area contributed by atoms with Gasteiger partial charge < -0.3 is 20.3 Å². The molecule has 2 N–H and O–H groups in total. The normalized spacial score (nSPS) is 26.7. The third-order valence-corrected chi connectivity index (χ3v) is 4.89. The minimum absolute atomic E-state index is 0.0419. The fraction of sp³-hybridized carbons (Fsp3) is 0.556. The smallest absolute Gasteiger partial charge is 0.251 e. The van der Waals surface area contributed by atoms with Crippen molar-refractivity contribution >= 4 is 22.8 Å². The van der Waals surface area contributed by atoms with Gasteiger partial charge in [-0.15, -0.1) is 0 Å². The van der Waals surface area contributed by atoms with Crippen molar-refractivity contribution in [3.8, 4) is 0 Å². The average Bonchev–Trinajstić information content (AvgIpc) is 2.68. The molecular weight excluding hydrogens is 332 g/mol. The number of hydrogen-bond acceptors (Lipinski definition) is 7. The highest BCUT2D eigenvalue weighted by atomic mass is 16.5. The monoisotopic (exact) mass is 356 g/mol. The predicted octanol–water partition coefficient (Wildman–Crippen LogP) is 0.487. The van der Waals surface area contributed by atoms with E-state index in [4.69, 9.17) is 4.74 Å². The molecule has 2 fully saturated rings. The molecule has 1 amide bonds. The first-order chi connectivity index (χ1) is 12.7. The second-order valence-corrected chi connectivity index (χ2v) is 6.95. The van der Waals surface area contributed by atoms with Crippen LogP contribution in [0.2, 0.25) is 0 Å². The summed E-state index contributed by atoms with van der Waals surface area (Å²) in [4.78, 5) is 27.8. The van der Waals surface area contributed by atoms with Crippen molar-refractivity contribution in [3.05, 3.63) is 24.7 Å². The molecule has 0 saturated carbocycles. The van der Waals surface area contributed by atoms with Gasteiger partial charge in [0.05, 0.1) is 18.3 Å². The lowest BCUT2D eigenvalue weighted by Crippen LogP contribution is -2.56. The van der Waals surface area contributed by atoms with Gasteiger partial charge in [-0.2, -0.15) is 0 Å². The highest BCUT2D eigenvalue weighted by Gasteiger charge is 2.32. The number of nitrogens with zero attached hydrogens (tertiary/aromatic N) is 4. The van der Waals surface area contributed by atoms with E-state index in [1.165, 1.54) is 0 Å². The van der Waals surface area contributed by atoms with Crippen LogP contribution in [0.3, 0.4) is 0 Å². The van der Waals surface area contributed by atoms with Crippen LogP contribution < -0.4 is 15.5 Å². The number of piperidine rings is 1. The van der Waals surface area contributed by atoms with Crippen LogP contribution in [0.4, 0.5) is 5.69 Å². The van der Waals surface area contributed by atoms with E-state index in [0.29, 0.717) is 18.7 Å². The van der Waals surface area contributed by atoms with Crippen molar-refractivity contribution in [2.75, 3.05) is 31.1 Å². The van der Waals surface area contributed by atoms with Gasteiger partial charge in [0.25, 0.3) is 5.91 Å². The minimum atomic E-state index is -0.499. The molecule has 0 spiro atoms. The number of amides is 1. The number of anilines is 1. The van der Waals surface area contributed by atoms with Gasteiger partial charge in [-0.1, -0.05) is 0 Å². The van der Waals surface area contributed by atoms with Gasteiger partial charge in [0, 0.05) is 37.7 Å². The van der Waals surface area contributed by atoms with E-state index in [0.717, 1.165) is 37.1 Å². The number of carbonyl (C=O) groups excluding carboxylic acids is 1. The van der Waals surface area contributed by atoms with Crippen LogP contribution in [0, 0.1) is 0 Å². The Labute approximate surface area is 152 Å². The highest BCUT2D eigenvalue weighted by molar-refractivity contribution is 5.86. The zero-order valence-corrected chi connectivity index (χ0v) is 14.9. The van der Waals surface area contributed by atoms with Crippen LogP contribution in [0.15, 0.2) is 24.7 Å². The summed E-state index contributed by atoms with van der Waals surface area (Å²) in [5.74, 6) is -0.0419. The Kier molecular flexibility index (Phi) is 4.94. The van der Waals surface area contributed by atoms with Gasteiger partial charge in [-0.25, -0.2) is 15.0 Å². The number of pyridine rings is 1. The molecule has 3 atom stereocenters. The lowest BCUT2D eigenvalue weighted by molar-refractivity contribution is -0.138. The average molecular weight is 356 g/mol. The van der Waals surface area contributed by atoms with Crippen LogP contribution in [0.25, 0.3) is 11.2 Å². The SMILES string of the molecule is C[C@@H]1CN(c2ccnc3nccnc23)C[C@H](C(=O)NC2CCCNC2)O1. The summed E-state index contributed by atoms with van der Waals surface area (Å²) in [5.41, 5.74) is 2.30. The molecule has 0 radical (unpaired) electrons. The van der Waals surface area contributed by atoms with Crippen molar-refractivity contribution in [1.29, 1.82) is 0 Å². The molecule has 2 aliphatic rings. The summed E-state index contributed by atoms with van der Waals surface area (Å²) in [6.07, 6.45) is 6.57. The van der Waals surface area contributed by atoms with Crippen molar-refractivity contribution in [2.24, 2.45) is 0 Å². The van der Waals surface area contributed by atoms with Crippen LogP contribution >= 0.6 is 0 Å². The third-order valence-electron chi connectivity index (χ3n) is 4.89. The number of nitrogens with one attached hydrogen (secondary N) is 2. The molecule has 8 heteroatoms. The molecule has 138 valence electrons. The van der Waals surface area contributed by atoms with Gasteiger partial charge in [-0.05, 0) is 32.4 Å². The summed E-state index contributed by atoms with van der Waals surface area (Å²) < 4.78 is 5.93. The Morgan fingerprint density at radius 3 is 2.96 bits per heavy atom. The van der Waals surface area contributed by atoms with E-state index in [9.17, 15) is 4.79 Å². The van der Waals surface area contributed by atoms with Crippen LogP contribution in [-0.2, 0) is 9.53 Å². The molecule has 2 saturated heterocycles. The Hall–Kier alpha value is -2.32. The first-order valence-electron chi connectivity index (χ1n) is 9.18. The van der Waals surface area contributed by atoms with Crippen LogP contribution in [0.5, 0.6) is 0 Å². The van der Waals surface area contributed by atoms with Crippen LogP contribution in [0.1, 0.15) is 19.8 Å². The quantitative estimate of drug-likeness (QED) is 0.827. The van der Waals surface area contributed by atoms with Gasteiger partial charge in [0.1, 0.15) is 5.52 Å². The number of morpholine rings is 1. The Bertz CT molecular complexity index is 774. The molecule has 0 aromatic carbocycles. The third kappa shape index (κ3) is 3.61. The second-order valence-electron chi connectivity index (χ2n) is 6.95. The van der Waals surface area contributed by atoms with Gasteiger partial charge in [-0.3, -0.25) is 4.79 Å². The molecule has 4 heterocycles. The van der Waals surface area contributed by atoms with Crippen molar-refractivity contribution < 1.29 is 9.53 Å². The van der Waals surface area contributed by atoms with Crippen LogP contribution in [-0.4, -0.2) is 65.3 Å². The zero-order chi connectivity index (χ0) is 17.9.